The molecular weight excluding hydrogens is 364 g/mol. The molecule has 2 rings (SSSR count). The summed E-state index contributed by atoms with van der Waals surface area (Å²) in [7, 11) is 0. The Labute approximate surface area is 167 Å². The summed E-state index contributed by atoms with van der Waals surface area (Å²) in [5.74, 6) is -0.256. The largest absolute Gasteiger partial charge is 0.394 e. The summed E-state index contributed by atoms with van der Waals surface area (Å²) in [6, 6.07) is -1.24. The highest BCUT2D eigenvalue weighted by atomic mass is 16.3. The molecule has 7 atom stereocenters. The van der Waals surface area contributed by atoms with Crippen LogP contribution in [0, 0.1) is 0 Å². The Morgan fingerprint density at radius 1 is 1.07 bits per heavy atom. The first-order valence-electron chi connectivity index (χ1n) is 10.7. The topological polar surface area (TPSA) is 133 Å². The summed E-state index contributed by atoms with van der Waals surface area (Å²) < 4.78 is 0. The van der Waals surface area contributed by atoms with Crippen molar-refractivity contribution in [3.05, 3.63) is 0 Å². The van der Waals surface area contributed by atoms with Crippen molar-refractivity contribution in [2.75, 3.05) is 13.2 Å². The first kappa shape index (κ1) is 23.5. The summed E-state index contributed by atoms with van der Waals surface area (Å²) >= 11 is 0. The third-order valence-corrected chi connectivity index (χ3v) is 6.31. The number of nitrogens with zero attached hydrogens (tertiary/aromatic N) is 1. The lowest BCUT2D eigenvalue weighted by Crippen LogP contribution is -2.48. The van der Waals surface area contributed by atoms with Crippen molar-refractivity contribution < 1.29 is 30.3 Å². The Hall–Kier alpha value is -0.770. The van der Waals surface area contributed by atoms with Gasteiger partial charge in [-0.05, 0) is 32.2 Å². The van der Waals surface area contributed by atoms with Crippen LogP contribution >= 0.6 is 0 Å². The van der Waals surface area contributed by atoms with E-state index >= 15 is 0 Å². The quantitative estimate of drug-likeness (QED) is 0.272. The van der Waals surface area contributed by atoms with Gasteiger partial charge in [-0.2, -0.15) is 0 Å². The Morgan fingerprint density at radius 3 is 2.36 bits per heavy atom. The van der Waals surface area contributed by atoms with E-state index in [1.54, 1.807) is 0 Å². The van der Waals surface area contributed by atoms with Crippen LogP contribution in [-0.2, 0) is 4.79 Å². The van der Waals surface area contributed by atoms with E-state index in [0.29, 0.717) is 12.8 Å². The number of likely N-dealkylation sites (tertiary alicyclic amines) is 1. The fraction of sp³-hybridized carbons (Fsp3) is 0.950. The van der Waals surface area contributed by atoms with E-state index in [1.165, 1.54) is 11.8 Å². The minimum Gasteiger partial charge on any atom is -0.394 e. The maximum atomic E-state index is 11.9. The predicted molar refractivity (Wildman–Crippen MR) is 105 cm³/mol. The molecule has 0 spiro atoms. The summed E-state index contributed by atoms with van der Waals surface area (Å²) in [5, 5.41) is 53.4. The highest BCUT2D eigenvalue weighted by molar-refractivity contribution is 5.74. The van der Waals surface area contributed by atoms with E-state index < -0.39 is 36.5 Å². The average molecular weight is 403 g/mol. The van der Waals surface area contributed by atoms with Crippen LogP contribution < -0.4 is 5.32 Å². The van der Waals surface area contributed by atoms with E-state index in [9.17, 15) is 30.3 Å². The van der Waals surface area contributed by atoms with Gasteiger partial charge >= 0.3 is 0 Å². The minimum absolute atomic E-state index is 0.0175. The number of unbranched alkanes of at least 4 members (excludes halogenated alkanes) is 3. The van der Waals surface area contributed by atoms with Gasteiger partial charge in [0.1, 0.15) is 12.2 Å². The lowest BCUT2D eigenvalue weighted by molar-refractivity contribution is -0.134. The molecule has 0 unspecified atom stereocenters. The van der Waals surface area contributed by atoms with Crippen molar-refractivity contribution >= 4 is 5.91 Å². The van der Waals surface area contributed by atoms with Crippen LogP contribution in [0.3, 0.4) is 0 Å². The van der Waals surface area contributed by atoms with Crippen LogP contribution in [-0.4, -0.2) is 92.0 Å². The lowest BCUT2D eigenvalue weighted by Gasteiger charge is -2.31. The monoisotopic (exact) mass is 402 g/mol. The zero-order valence-corrected chi connectivity index (χ0v) is 16.9. The predicted octanol–water partition coefficient (Wildman–Crippen LogP) is -0.496. The van der Waals surface area contributed by atoms with Crippen LogP contribution in [0.2, 0.25) is 0 Å². The third kappa shape index (κ3) is 5.87. The molecule has 2 aliphatic rings. The number of nitrogens with one attached hydrogen (secondary N) is 1. The van der Waals surface area contributed by atoms with Crippen molar-refractivity contribution in [2.45, 2.75) is 107 Å². The van der Waals surface area contributed by atoms with Crippen molar-refractivity contribution in [1.82, 2.24) is 10.2 Å². The summed E-state index contributed by atoms with van der Waals surface area (Å²) in [6.07, 6.45) is 3.94. The third-order valence-electron chi connectivity index (χ3n) is 6.31. The fourth-order valence-corrected chi connectivity index (χ4v) is 4.67. The SMILES string of the molecule is CC(=O)N1[C@@H](CO)[C@H](O)[C@@H](O)[C@@H]1CCCCCC[C@H](O)[C@@H](O)[C@@H]1CCCCN1. The summed E-state index contributed by atoms with van der Waals surface area (Å²) in [4.78, 5) is 13.3. The highest BCUT2D eigenvalue weighted by Crippen LogP contribution is 2.29. The minimum atomic E-state index is -1.12. The van der Waals surface area contributed by atoms with E-state index in [-0.39, 0.29) is 18.6 Å². The Balaban J connectivity index is 1.66. The second-order valence-corrected chi connectivity index (χ2v) is 8.33. The molecule has 0 radical (unpaired) electrons. The molecule has 2 heterocycles. The maximum Gasteiger partial charge on any atom is 0.220 e. The van der Waals surface area contributed by atoms with E-state index in [4.69, 9.17) is 0 Å². The van der Waals surface area contributed by atoms with Gasteiger partial charge in [0.25, 0.3) is 0 Å². The van der Waals surface area contributed by atoms with Crippen molar-refractivity contribution in [1.29, 1.82) is 0 Å². The first-order valence-corrected chi connectivity index (χ1v) is 10.7. The van der Waals surface area contributed by atoms with E-state index in [2.05, 4.69) is 5.32 Å². The van der Waals surface area contributed by atoms with Crippen LogP contribution in [0.5, 0.6) is 0 Å². The smallest absolute Gasteiger partial charge is 0.220 e. The molecule has 0 saturated carbocycles. The highest BCUT2D eigenvalue weighted by Gasteiger charge is 2.47. The number of carbonyl (C=O) groups is 1. The zero-order chi connectivity index (χ0) is 20.7. The fourth-order valence-electron chi connectivity index (χ4n) is 4.67. The number of hydrogen-bond acceptors (Lipinski definition) is 7. The van der Waals surface area contributed by atoms with Gasteiger partial charge in [0.2, 0.25) is 5.91 Å². The van der Waals surface area contributed by atoms with Gasteiger partial charge in [-0.25, -0.2) is 0 Å². The second-order valence-electron chi connectivity index (χ2n) is 8.33. The number of carbonyl (C=O) groups excluding carboxylic acids is 1. The number of aliphatic hydroxyl groups is 5. The van der Waals surface area contributed by atoms with Gasteiger partial charge in [0, 0.05) is 13.0 Å². The first-order chi connectivity index (χ1) is 13.4. The number of aliphatic hydroxyl groups excluding tert-OH is 5. The van der Waals surface area contributed by atoms with Gasteiger partial charge in [-0.3, -0.25) is 4.79 Å². The second kappa shape index (κ2) is 11.4. The van der Waals surface area contributed by atoms with Crippen LogP contribution in [0.1, 0.15) is 64.7 Å². The molecule has 0 aromatic rings. The summed E-state index contributed by atoms with van der Waals surface area (Å²) in [6.45, 7) is 1.91. The van der Waals surface area contributed by atoms with Gasteiger partial charge < -0.3 is 35.7 Å². The molecule has 2 fully saturated rings. The van der Waals surface area contributed by atoms with Crippen LogP contribution in [0.25, 0.3) is 0 Å². The van der Waals surface area contributed by atoms with Gasteiger partial charge in [0.05, 0.1) is 30.9 Å². The van der Waals surface area contributed by atoms with Crippen LogP contribution in [0.15, 0.2) is 0 Å². The van der Waals surface area contributed by atoms with Gasteiger partial charge in [-0.15, -0.1) is 0 Å². The zero-order valence-electron chi connectivity index (χ0n) is 16.9. The van der Waals surface area contributed by atoms with Gasteiger partial charge in [-0.1, -0.05) is 32.1 Å². The molecule has 0 aromatic heterocycles. The molecule has 0 bridgehead atoms. The van der Waals surface area contributed by atoms with Gasteiger partial charge in [0.15, 0.2) is 0 Å². The molecule has 0 aliphatic carbocycles. The Kier molecular flexibility index (Phi) is 9.59. The molecule has 28 heavy (non-hydrogen) atoms. The van der Waals surface area contributed by atoms with Crippen LogP contribution in [0.4, 0.5) is 0 Å². The number of amides is 1. The Bertz CT molecular complexity index is 474. The molecule has 2 saturated heterocycles. The number of hydrogen-bond donors (Lipinski definition) is 6. The molecule has 1 amide bonds. The van der Waals surface area contributed by atoms with Crippen molar-refractivity contribution in [2.24, 2.45) is 0 Å². The molecule has 2 aliphatic heterocycles. The van der Waals surface area contributed by atoms with E-state index in [1.807, 2.05) is 0 Å². The lowest BCUT2D eigenvalue weighted by atomic mass is 9.93. The maximum absolute atomic E-state index is 11.9. The standard InChI is InChI=1S/C20H38N2O6/c1-13(24)22-15(19(27)20(28)16(22)12-23)9-4-2-3-5-10-17(25)18(26)14-8-6-7-11-21-14/h14-21,23,25-28H,2-12H2,1H3/t14-,15-,16-,17-,18-,19-,20-/m0/s1. The molecule has 0 aromatic carbocycles. The molecule has 164 valence electrons. The van der Waals surface area contributed by atoms with Crippen molar-refractivity contribution in [3.63, 3.8) is 0 Å². The summed E-state index contributed by atoms with van der Waals surface area (Å²) in [5.41, 5.74) is 0. The Morgan fingerprint density at radius 2 is 1.75 bits per heavy atom. The molecule has 8 heteroatoms. The number of piperidine rings is 1. The normalized spacial score (nSPS) is 33.1. The van der Waals surface area contributed by atoms with Crippen molar-refractivity contribution in [3.8, 4) is 0 Å². The molecule has 6 N–H and O–H groups in total. The molecular formula is C20H38N2O6. The number of rotatable bonds is 10. The van der Waals surface area contributed by atoms with E-state index in [0.717, 1.165) is 51.5 Å². The molecule has 8 nitrogen and oxygen atoms in total. The average Bonchev–Trinajstić information content (AvgIpc) is 2.94.